The summed E-state index contributed by atoms with van der Waals surface area (Å²) < 4.78 is 0. The smallest absolute Gasteiger partial charge is 0.0162 e. The topological polar surface area (TPSA) is 0 Å². The van der Waals surface area contributed by atoms with E-state index in [0.29, 0.717) is 0 Å². The maximum atomic E-state index is 2.35. The fourth-order valence-electron chi connectivity index (χ4n) is 2.93. The Labute approximate surface area is 128 Å². The van der Waals surface area contributed by atoms with Crippen molar-refractivity contribution in [2.45, 2.75) is 44.9 Å². The van der Waals surface area contributed by atoms with Gasteiger partial charge in [-0.3, -0.25) is 0 Å². The van der Waals surface area contributed by atoms with Gasteiger partial charge in [-0.25, -0.2) is 0 Å². The molecule has 108 valence electrons. The Bertz CT molecular complexity index is 600. The van der Waals surface area contributed by atoms with Gasteiger partial charge in [0.1, 0.15) is 0 Å². The van der Waals surface area contributed by atoms with E-state index in [9.17, 15) is 0 Å². The molecule has 0 N–H and O–H groups in total. The van der Waals surface area contributed by atoms with Gasteiger partial charge in [-0.1, -0.05) is 80.4 Å². The largest absolute Gasteiger partial charge is 0.0651 e. The highest BCUT2D eigenvalue weighted by Gasteiger charge is 2.18. The molecule has 1 fully saturated rings. The minimum Gasteiger partial charge on any atom is -0.0651 e. The van der Waals surface area contributed by atoms with Gasteiger partial charge in [0, 0.05) is 0 Å². The molecule has 0 nitrogen and oxygen atoms in total. The monoisotopic (exact) mass is 276 g/mol. The maximum Gasteiger partial charge on any atom is -0.0162 e. The molecule has 0 heterocycles. The fraction of sp³-hybridized carbons (Fsp3) is 0.333. The van der Waals surface area contributed by atoms with Crippen molar-refractivity contribution < 1.29 is 0 Å². The molecule has 0 spiro atoms. The molecule has 21 heavy (non-hydrogen) atoms. The van der Waals surface area contributed by atoms with Crippen LogP contribution < -0.4 is 0 Å². The zero-order valence-corrected chi connectivity index (χ0v) is 12.9. The van der Waals surface area contributed by atoms with E-state index in [2.05, 4.69) is 67.6 Å². The SMILES string of the molecule is CCCc1ccc(/C=C/c2cccc(C3CCC3)c2)cc1. The van der Waals surface area contributed by atoms with Crippen LogP contribution in [0.2, 0.25) is 0 Å². The Morgan fingerprint density at radius 2 is 1.71 bits per heavy atom. The van der Waals surface area contributed by atoms with Crippen LogP contribution in [0.1, 0.15) is 60.8 Å². The van der Waals surface area contributed by atoms with Gasteiger partial charge in [0.05, 0.1) is 0 Å². The second-order valence-electron chi connectivity index (χ2n) is 6.12. The normalized spacial score (nSPS) is 15.3. The molecule has 1 aliphatic rings. The Morgan fingerprint density at radius 3 is 2.38 bits per heavy atom. The second-order valence-corrected chi connectivity index (χ2v) is 6.12. The summed E-state index contributed by atoms with van der Waals surface area (Å²) in [6.07, 6.45) is 11.0. The van der Waals surface area contributed by atoms with E-state index in [1.807, 2.05) is 0 Å². The molecule has 0 aromatic heterocycles. The summed E-state index contributed by atoms with van der Waals surface area (Å²) in [6.45, 7) is 2.23. The van der Waals surface area contributed by atoms with Crippen LogP contribution >= 0.6 is 0 Å². The number of rotatable bonds is 5. The van der Waals surface area contributed by atoms with Gasteiger partial charge in [-0.2, -0.15) is 0 Å². The third-order valence-corrected chi connectivity index (χ3v) is 4.47. The van der Waals surface area contributed by atoms with Crippen LogP contribution in [0.5, 0.6) is 0 Å². The third-order valence-electron chi connectivity index (χ3n) is 4.47. The van der Waals surface area contributed by atoms with Crippen molar-refractivity contribution in [2.24, 2.45) is 0 Å². The lowest BCUT2D eigenvalue weighted by molar-refractivity contribution is 0.420. The Balaban J connectivity index is 1.70. The number of hydrogen-bond donors (Lipinski definition) is 0. The first-order valence-electron chi connectivity index (χ1n) is 8.22. The van der Waals surface area contributed by atoms with Crippen molar-refractivity contribution in [1.29, 1.82) is 0 Å². The summed E-state index contributed by atoms with van der Waals surface area (Å²) in [6, 6.07) is 17.9. The van der Waals surface area contributed by atoms with Crippen LogP contribution in [-0.2, 0) is 6.42 Å². The van der Waals surface area contributed by atoms with E-state index in [1.54, 1.807) is 0 Å². The van der Waals surface area contributed by atoms with Gasteiger partial charge >= 0.3 is 0 Å². The van der Waals surface area contributed by atoms with Gasteiger partial charge < -0.3 is 0 Å². The first kappa shape index (κ1) is 14.1. The molecule has 2 aromatic rings. The summed E-state index contributed by atoms with van der Waals surface area (Å²) in [5, 5.41) is 0. The van der Waals surface area contributed by atoms with Gasteiger partial charge in [0.2, 0.25) is 0 Å². The average molecular weight is 276 g/mol. The average Bonchev–Trinajstić information content (AvgIpc) is 2.46. The molecule has 0 unspecified atom stereocenters. The lowest BCUT2D eigenvalue weighted by atomic mass is 9.80. The highest BCUT2D eigenvalue weighted by molar-refractivity contribution is 5.70. The van der Waals surface area contributed by atoms with E-state index in [-0.39, 0.29) is 0 Å². The molecule has 1 saturated carbocycles. The first-order valence-corrected chi connectivity index (χ1v) is 8.22. The first-order chi connectivity index (χ1) is 10.3. The van der Waals surface area contributed by atoms with Crippen LogP contribution in [0.25, 0.3) is 12.2 Å². The molecule has 0 heteroatoms. The summed E-state index contributed by atoms with van der Waals surface area (Å²) in [5.74, 6) is 0.812. The summed E-state index contributed by atoms with van der Waals surface area (Å²) in [4.78, 5) is 0. The van der Waals surface area contributed by atoms with Crippen LogP contribution in [0, 0.1) is 0 Å². The quantitative estimate of drug-likeness (QED) is 0.581. The molecular formula is C21H24. The van der Waals surface area contributed by atoms with E-state index in [4.69, 9.17) is 0 Å². The molecule has 0 atom stereocenters. The molecule has 1 aliphatic carbocycles. The molecule has 2 aromatic carbocycles. The zero-order valence-electron chi connectivity index (χ0n) is 12.9. The van der Waals surface area contributed by atoms with E-state index in [0.717, 1.165) is 5.92 Å². The van der Waals surface area contributed by atoms with Crippen molar-refractivity contribution in [3.63, 3.8) is 0 Å². The Morgan fingerprint density at radius 1 is 0.952 bits per heavy atom. The fourth-order valence-corrected chi connectivity index (χ4v) is 2.93. The lowest BCUT2D eigenvalue weighted by Crippen LogP contribution is -2.08. The minimum atomic E-state index is 0.812. The highest BCUT2D eigenvalue weighted by atomic mass is 14.2. The predicted molar refractivity (Wildman–Crippen MR) is 92.4 cm³/mol. The molecule has 0 amide bonds. The minimum absolute atomic E-state index is 0.812. The van der Waals surface area contributed by atoms with Crippen molar-refractivity contribution in [3.8, 4) is 0 Å². The predicted octanol–water partition coefficient (Wildman–Crippen LogP) is 6.08. The van der Waals surface area contributed by atoms with Gasteiger partial charge in [-0.15, -0.1) is 0 Å². The number of hydrogen-bond acceptors (Lipinski definition) is 0. The van der Waals surface area contributed by atoms with Crippen molar-refractivity contribution in [1.82, 2.24) is 0 Å². The molecule has 3 rings (SSSR count). The lowest BCUT2D eigenvalue weighted by Gasteiger charge is -2.25. The summed E-state index contributed by atoms with van der Waals surface area (Å²) in [7, 11) is 0. The van der Waals surface area contributed by atoms with Crippen LogP contribution in [0.4, 0.5) is 0 Å². The second kappa shape index (κ2) is 6.76. The van der Waals surface area contributed by atoms with Crippen molar-refractivity contribution in [2.75, 3.05) is 0 Å². The third kappa shape index (κ3) is 3.64. The van der Waals surface area contributed by atoms with Gasteiger partial charge in [0.15, 0.2) is 0 Å². The van der Waals surface area contributed by atoms with Gasteiger partial charge in [0.25, 0.3) is 0 Å². The van der Waals surface area contributed by atoms with Crippen LogP contribution in [0.3, 0.4) is 0 Å². The Hall–Kier alpha value is -1.82. The standard InChI is InChI=1S/C21H24/c1-2-5-17-10-12-18(13-11-17)14-15-19-6-3-9-21(16-19)20-7-4-8-20/h3,6,9-16,20H,2,4-5,7-8H2,1H3/b15-14+. The van der Waals surface area contributed by atoms with Crippen molar-refractivity contribution in [3.05, 3.63) is 70.8 Å². The van der Waals surface area contributed by atoms with Gasteiger partial charge in [-0.05, 0) is 47.4 Å². The highest BCUT2D eigenvalue weighted by Crippen LogP contribution is 2.36. The zero-order chi connectivity index (χ0) is 14.5. The van der Waals surface area contributed by atoms with Crippen LogP contribution in [-0.4, -0.2) is 0 Å². The van der Waals surface area contributed by atoms with E-state index < -0.39 is 0 Å². The number of aryl methyl sites for hydroxylation is 1. The molecule has 0 saturated heterocycles. The molecular weight excluding hydrogens is 252 g/mol. The molecule has 0 bridgehead atoms. The van der Waals surface area contributed by atoms with Crippen LogP contribution in [0.15, 0.2) is 48.5 Å². The van der Waals surface area contributed by atoms with E-state index >= 15 is 0 Å². The maximum absolute atomic E-state index is 2.35. The van der Waals surface area contributed by atoms with Crippen molar-refractivity contribution >= 4 is 12.2 Å². The molecule has 0 aliphatic heterocycles. The Kier molecular flexibility index (Phi) is 4.55. The number of benzene rings is 2. The molecule has 0 radical (unpaired) electrons. The summed E-state index contributed by atoms with van der Waals surface area (Å²) >= 11 is 0. The van der Waals surface area contributed by atoms with E-state index in [1.165, 1.54) is 54.4 Å². The summed E-state index contributed by atoms with van der Waals surface area (Å²) in [5.41, 5.74) is 5.55.